The van der Waals surface area contributed by atoms with Crippen molar-refractivity contribution in [2.45, 2.75) is 26.4 Å². The van der Waals surface area contributed by atoms with Crippen molar-refractivity contribution in [3.8, 4) is 17.0 Å². The highest BCUT2D eigenvalue weighted by Gasteiger charge is 2.17. The normalized spacial score (nSPS) is 11.2. The van der Waals surface area contributed by atoms with E-state index in [2.05, 4.69) is 4.98 Å². The standard InChI is InChI=1S/C16H16N2O3S/c1-10(2)21-12-5-3-11(4-6-12)15-13(9-14(19)20)18-7-8-22-16(18)17-15/h3-8,10H,9H2,1-2H3,(H,19,20). The molecule has 0 spiro atoms. The Hall–Kier alpha value is -2.34. The van der Waals surface area contributed by atoms with Crippen molar-refractivity contribution in [3.05, 3.63) is 41.5 Å². The molecule has 0 aliphatic rings. The van der Waals surface area contributed by atoms with Crippen molar-refractivity contribution in [3.63, 3.8) is 0 Å². The van der Waals surface area contributed by atoms with Crippen molar-refractivity contribution >= 4 is 22.3 Å². The van der Waals surface area contributed by atoms with Gasteiger partial charge in [0.25, 0.3) is 0 Å². The average Bonchev–Trinajstić information content (AvgIpc) is 3.01. The van der Waals surface area contributed by atoms with Crippen LogP contribution in [0.2, 0.25) is 0 Å². The van der Waals surface area contributed by atoms with Crippen LogP contribution < -0.4 is 4.74 Å². The van der Waals surface area contributed by atoms with Crippen LogP contribution in [-0.2, 0) is 11.2 Å². The molecule has 114 valence electrons. The fourth-order valence-corrected chi connectivity index (χ4v) is 3.07. The predicted molar refractivity (Wildman–Crippen MR) is 85.6 cm³/mol. The third-order valence-electron chi connectivity index (χ3n) is 3.18. The van der Waals surface area contributed by atoms with E-state index in [1.54, 1.807) is 0 Å². The third-order valence-corrected chi connectivity index (χ3v) is 3.94. The molecule has 1 N–H and O–H groups in total. The number of nitrogens with zero attached hydrogens (tertiary/aromatic N) is 2. The molecule has 0 saturated carbocycles. The van der Waals surface area contributed by atoms with Crippen LogP contribution >= 0.6 is 11.3 Å². The second kappa shape index (κ2) is 5.81. The van der Waals surface area contributed by atoms with Gasteiger partial charge in [-0.05, 0) is 38.1 Å². The summed E-state index contributed by atoms with van der Waals surface area (Å²) in [6.07, 6.45) is 1.91. The maximum atomic E-state index is 11.1. The topological polar surface area (TPSA) is 63.8 Å². The van der Waals surface area contributed by atoms with Gasteiger partial charge in [-0.25, -0.2) is 4.98 Å². The van der Waals surface area contributed by atoms with Gasteiger partial charge in [0.1, 0.15) is 5.75 Å². The lowest BCUT2D eigenvalue weighted by atomic mass is 10.1. The van der Waals surface area contributed by atoms with Gasteiger partial charge in [-0.2, -0.15) is 0 Å². The Bertz CT molecular complexity index is 803. The number of fused-ring (bicyclic) bond motifs is 1. The predicted octanol–water partition coefficient (Wildman–Crippen LogP) is 3.48. The Labute approximate surface area is 131 Å². The maximum absolute atomic E-state index is 11.1. The van der Waals surface area contributed by atoms with Crippen LogP contribution in [0.15, 0.2) is 35.8 Å². The second-order valence-electron chi connectivity index (χ2n) is 5.22. The maximum Gasteiger partial charge on any atom is 0.309 e. The van der Waals surface area contributed by atoms with E-state index in [1.807, 2.05) is 54.1 Å². The summed E-state index contributed by atoms with van der Waals surface area (Å²) in [6, 6.07) is 7.59. The third kappa shape index (κ3) is 2.82. The minimum absolute atomic E-state index is 0.0581. The molecule has 0 saturated heterocycles. The molecule has 0 atom stereocenters. The summed E-state index contributed by atoms with van der Waals surface area (Å²) in [4.78, 5) is 16.5. The molecule has 0 fully saturated rings. The highest BCUT2D eigenvalue weighted by molar-refractivity contribution is 7.15. The molecule has 3 aromatic rings. The monoisotopic (exact) mass is 316 g/mol. The van der Waals surface area contributed by atoms with Gasteiger partial charge in [-0.3, -0.25) is 9.20 Å². The molecule has 0 aliphatic carbocycles. The van der Waals surface area contributed by atoms with Gasteiger partial charge in [-0.1, -0.05) is 0 Å². The summed E-state index contributed by atoms with van der Waals surface area (Å²) >= 11 is 1.49. The first-order chi connectivity index (χ1) is 10.5. The highest BCUT2D eigenvalue weighted by atomic mass is 32.1. The lowest BCUT2D eigenvalue weighted by Crippen LogP contribution is -2.05. The summed E-state index contributed by atoms with van der Waals surface area (Å²) in [5.41, 5.74) is 2.30. The van der Waals surface area contributed by atoms with Crippen molar-refractivity contribution in [1.82, 2.24) is 9.38 Å². The van der Waals surface area contributed by atoms with E-state index < -0.39 is 5.97 Å². The van der Waals surface area contributed by atoms with E-state index in [4.69, 9.17) is 9.84 Å². The molecule has 0 amide bonds. The number of ether oxygens (including phenoxy) is 1. The van der Waals surface area contributed by atoms with E-state index >= 15 is 0 Å². The van der Waals surface area contributed by atoms with Crippen LogP contribution in [0.5, 0.6) is 5.75 Å². The zero-order valence-electron chi connectivity index (χ0n) is 12.3. The van der Waals surface area contributed by atoms with Gasteiger partial charge >= 0.3 is 5.97 Å². The van der Waals surface area contributed by atoms with Gasteiger partial charge in [0.05, 0.1) is 23.9 Å². The number of aromatic nitrogens is 2. The molecule has 6 heteroatoms. The molecule has 0 aliphatic heterocycles. The van der Waals surface area contributed by atoms with Crippen LogP contribution in [-0.4, -0.2) is 26.6 Å². The highest BCUT2D eigenvalue weighted by Crippen LogP contribution is 2.28. The molecular formula is C16H16N2O3S. The first-order valence-electron chi connectivity index (χ1n) is 6.98. The number of carbonyl (C=O) groups is 1. The Morgan fingerprint density at radius 1 is 1.36 bits per heavy atom. The van der Waals surface area contributed by atoms with E-state index in [1.165, 1.54) is 11.3 Å². The number of aliphatic carboxylic acids is 1. The first-order valence-corrected chi connectivity index (χ1v) is 7.86. The number of rotatable bonds is 5. The van der Waals surface area contributed by atoms with Crippen molar-refractivity contribution in [2.24, 2.45) is 0 Å². The van der Waals surface area contributed by atoms with Crippen molar-refractivity contribution in [2.75, 3.05) is 0 Å². The van der Waals surface area contributed by atoms with Crippen LogP contribution in [0.25, 0.3) is 16.2 Å². The van der Waals surface area contributed by atoms with Crippen LogP contribution in [0.4, 0.5) is 0 Å². The Balaban J connectivity index is 2.01. The Morgan fingerprint density at radius 3 is 2.73 bits per heavy atom. The number of thiazole rings is 1. The summed E-state index contributed by atoms with van der Waals surface area (Å²) in [7, 11) is 0. The van der Waals surface area contributed by atoms with Gasteiger partial charge in [0.15, 0.2) is 4.96 Å². The summed E-state index contributed by atoms with van der Waals surface area (Å²) in [6.45, 7) is 3.95. The van der Waals surface area contributed by atoms with Gasteiger partial charge in [-0.15, -0.1) is 11.3 Å². The molecule has 5 nitrogen and oxygen atoms in total. The smallest absolute Gasteiger partial charge is 0.309 e. The van der Waals surface area contributed by atoms with E-state index in [9.17, 15) is 4.79 Å². The molecule has 2 aromatic heterocycles. The average molecular weight is 316 g/mol. The molecule has 0 radical (unpaired) electrons. The Kier molecular flexibility index (Phi) is 3.85. The van der Waals surface area contributed by atoms with E-state index in [0.717, 1.165) is 16.3 Å². The molecule has 3 rings (SSSR count). The molecular weight excluding hydrogens is 300 g/mol. The lowest BCUT2D eigenvalue weighted by Gasteiger charge is -2.10. The molecule has 0 bridgehead atoms. The number of hydrogen-bond acceptors (Lipinski definition) is 4. The fraction of sp³-hybridized carbons (Fsp3) is 0.250. The van der Waals surface area contributed by atoms with Gasteiger partial charge in [0.2, 0.25) is 0 Å². The van der Waals surface area contributed by atoms with Crippen molar-refractivity contribution in [1.29, 1.82) is 0 Å². The van der Waals surface area contributed by atoms with E-state index in [0.29, 0.717) is 11.4 Å². The lowest BCUT2D eigenvalue weighted by molar-refractivity contribution is -0.136. The van der Waals surface area contributed by atoms with Crippen LogP contribution in [0.1, 0.15) is 19.5 Å². The first kappa shape index (κ1) is 14.6. The quantitative estimate of drug-likeness (QED) is 0.783. The zero-order valence-corrected chi connectivity index (χ0v) is 13.1. The molecule has 22 heavy (non-hydrogen) atoms. The molecule has 0 unspecified atom stereocenters. The Morgan fingerprint density at radius 2 is 2.09 bits per heavy atom. The number of hydrogen-bond donors (Lipinski definition) is 1. The summed E-state index contributed by atoms with van der Waals surface area (Å²) in [5, 5.41) is 11.0. The number of imidazole rings is 1. The fourth-order valence-electron chi connectivity index (χ4n) is 2.34. The zero-order chi connectivity index (χ0) is 15.7. The largest absolute Gasteiger partial charge is 0.491 e. The van der Waals surface area contributed by atoms with Gasteiger partial charge < -0.3 is 9.84 Å². The summed E-state index contributed by atoms with van der Waals surface area (Å²) in [5.74, 6) is -0.0754. The molecule has 2 heterocycles. The van der Waals surface area contributed by atoms with E-state index in [-0.39, 0.29) is 12.5 Å². The number of carboxylic acids is 1. The van der Waals surface area contributed by atoms with Crippen LogP contribution in [0.3, 0.4) is 0 Å². The SMILES string of the molecule is CC(C)Oc1ccc(-c2nc3sccn3c2CC(=O)O)cc1. The number of benzene rings is 1. The number of carboxylic acid groups (broad SMARTS) is 1. The minimum Gasteiger partial charge on any atom is -0.491 e. The molecule has 1 aromatic carbocycles. The van der Waals surface area contributed by atoms with Crippen molar-refractivity contribution < 1.29 is 14.6 Å². The van der Waals surface area contributed by atoms with Crippen LogP contribution in [0, 0.1) is 0 Å². The summed E-state index contributed by atoms with van der Waals surface area (Å²) < 4.78 is 7.47. The second-order valence-corrected chi connectivity index (χ2v) is 6.10. The van der Waals surface area contributed by atoms with Gasteiger partial charge in [0, 0.05) is 17.1 Å². The minimum atomic E-state index is -0.867.